The van der Waals surface area contributed by atoms with E-state index >= 15 is 0 Å². The van der Waals surface area contributed by atoms with Crippen LogP contribution in [0.15, 0.2) is 46.3 Å². The summed E-state index contributed by atoms with van der Waals surface area (Å²) in [5.41, 5.74) is 2.07. The second-order valence-electron chi connectivity index (χ2n) is 10.1. The summed E-state index contributed by atoms with van der Waals surface area (Å²) >= 11 is 0. The number of rotatable bonds is 12. The molecule has 0 unspecified atom stereocenters. The molecule has 1 aliphatic rings. The smallest absolute Gasteiger partial charge is 0.279 e. The van der Waals surface area contributed by atoms with Gasteiger partial charge >= 0.3 is 0 Å². The Balaban J connectivity index is 1.54. The quantitative estimate of drug-likeness (QED) is 0.246. The Morgan fingerprint density at radius 1 is 1.10 bits per heavy atom. The number of pyridine rings is 2. The standard InChI is InChI=1S/C28H36N8O5S/c1-3-8-23-24-25(33-36(23)19-20-9-5-6-10-29-20)27(38)32-26(31-24)22-17-21(18-30-28(22)41-4-2)42(39,40)35-14-12-34(13-15-35)11-7-16-37/h5-6,9-10,17-18,37H,3-4,7-8,11-16,19H2,1-2H3,(H,31,32,38). The third-order valence-corrected chi connectivity index (χ3v) is 9.05. The van der Waals surface area contributed by atoms with E-state index in [-0.39, 0.29) is 40.9 Å². The molecule has 0 spiro atoms. The van der Waals surface area contributed by atoms with E-state index < -0.39 is 15.6 Å². The summed E-state index contributed by atoms with van der Waals surface area (Å²) in [5.74, 6) is 0.328. The number of fused-ring (bicyclic) bond motifs is 1. The number of hydrogen-bond acceptors (Lipinski definition) is 10. The lowest BCUT2D eigenvalue weighted by molar-refractivity contribution is 0.171. The van der Waals surface area contributed by atoms with Gasteiger partial charge in [0.05, 0.1) is 36.3 Å². The Labute approximate surface area is 244 Å². The lowest BCUT2D eigenvalue weighted by Crippen LogP contribution is -2.48. The highest BCUT2D eigenvalue weighted by atomic mass is 32.2. The zero-order valence-electron chi connectivity index (χ0n) is 23.9. The molecule has 0 bridgehead atoms. The summed E-state index contributed by atoms with van der Waals surface area (Å²) in [6.07, 6.45) is 5.08. The van der Waals surface area contributed by atoms with Gasteiger partial charge in [0.2, 0.25) is 15.9 Å². The number of aliphatic hydroxyl groups is 1. The molecule has 0 atom stereocenters. The first-order chi connectivity index (χ1) is 20.3. The zero-order chi connectivity index (χ0) is 29.7. The maximum absolute atomic E-state index is 13.6. The van der Waals surface area contributed by atoms with Gasteiger partial charge in [0.1, 0.15) is 16.2 Å². The predicted molar refractivity (Wildman–Crippen MR) is 157 cm³/mol. The molecular formula is C28H36N8O5S. The number of sulfonamides is 1. The molecular weight excluding hydrogens is 560 g/mol. The van der Waals surface area contributed by atoms with Crippen molar-refractivity contribution in [1.82, 2.24) is 38.9 Å². The Morgan fingerprint density at radius 3 is 2.60 bits per heavy atom. The molecule has 4 aromatic rings. The van der Waals surface area contributed by atoms with Crippen molar-refractivity contribution in [2.75, 3.05) is 45.9 Å². The van der Waals surface area contributed by atoms with Gasteiger partial charge in [-0.15, -0.1) is 0 Å². The van der Waals surface area contributed by atoms with Gasteiger partial charge < -0.3 is 19.7 Å². The van der Waals surface area contributed by atoms with Crippen LogP contribution >= 0.6 is 0 Å². The normalized spacial score (nSPS) is 14.9. The summed E-state index contributed by atoms with van der Waals surface area (Å²) < 4.78 is 36.2. The number of ether oxygens (including phenoxy) is 1. The van der Waals surface area contributed by atoms with E-state index in [0.717, 1.165) is 24.4 Å². The van der Waals surface area contributed by atoms with Crippen LogP contribution in [-0.2, 0) is 23.0 Å². The number of hydrogen-bond donors (Lipinski definition) is 2. The Hall–Kier alpha value is -3.72. The summed E-state index contributed by atoms with van der Waals surface area (Å²) in [4.78, 5) is 31.7. The first-order valence-corrected chi connectivity index (χ1v) is 15.7. The number of nitrogens with one attached hydrogen (secondary N) is 1. The second-order valence-corrected chi connectivity index (χ2v) is 12.0. The van der Waals surface area contributed by atoms with Crippen molar-refractivity contribution < 1.29 is 18.3 Å². The summed E-state index contributed by atoms with van der Waals surface area (Å²) in [7, 11) is -3.87. The predicted octanol–water partition coefficient (Wildman–Crippen LogP) is 1.66. The monoisotopic (exact) mass is 596 g/mol. The minimum absolute atomic E-state index is 0.00728. The van der Waals surface area contributed by atoms with Gasteiger partial charge in [-0.2, -0.15) is 9.40 Å². The van der Waals surface area contributed by atoms with Crippen LogP contribution in [0.25, 0.3) is 22.4 Å². The molecule has 4 aromatic heterocycles. The highest BCUT2D eigenvalue weighted by molar-refractivity contribution is 7.89. The third-order valence-electron chi connectivity index (χ3n) is 7.19. The van der Waals surface area contributed by atoms with Gasteiger partial charge in [-0.3, -0.25) is 14.5 Å². The van der Waals surface area contributed by atoms with Gasteiger partial charge in [-0.25, -0.2) is 18.4 Å². The van der Waals surface area contributed by atoms with E-state index in [4.69, 9.17) is 14.8 Å². The van der Waals surface area contributed by atoms with Gasteiger partial charge in [0.25, 0.3) is 5.56 Å². The molecule has 5 rings (SSSR count). The topological polar surface area (TPSA) is 159 Å². The van der Waals surface area contributed by atoms with Crippen molar-refractivity contribution in [3.05, 3.63) is 58.4 Å². The third kappa shape index (κ3) is 6.21. The number of nitrogens with zero attached hydrogens (tertiary/aromatic N) is 7. The molecule has 0 radical (unpaired) electrons. The van der Waals surface area contributed by atoms with Crippen LogP contribution in [0, 0.1) is 0 Å². The van der Waals surface area contributed by atoms with E-state index in [0.29, 0.717) is 51.1 Å². The molecule has 0 amide bonds. The molecule has 0 aliphatic carbocycles. The maximum Gasteiger partial charge on any atom is 0.279 e. The molecule has 0 aromatic carbocycles. The number of piperazine rings is 1. The van der Waals surface area contributed by atoms with E-state index in [9.17, 15) is 13.2 Å². The molecule has 224 valence electrons. The Morgan fingerprint density at radius 2 is 1.90 bits per heavy atom. The van der Waals surface area contributed by atoms with Crippen LogP contribution in [0.1, 0.15) is 38.1 Å². The largest absolute Gasteiger partial charge is 0.477 e. The lowest BCUT2D eigenvalue weighted by Gasteiger charge is -2.33. The van der Waals surface area contributed by atoms with E-state index in [2.05, 4.69) is 25.0 Å². The first kappa shape index (κ1) is 29.8. The average Bonchev–Trinajstić information content (AvgIpc) is 3.34. The minimum Gasteiger partial charge on any atom is -0.477 e. The number of H-pyrrole nitrogens is 1. The van der Waals surface area contributed by atoms with Crippen LogP contribution in [0.4, 0.5) is 0 Å². The molecule has 1 fully saturated rings. The molecule has 14 heteroatoms. The lowest BCUT2D eigenvalue weighted by atomic mass is 10.2. The number of aryl methyl sites for hydroxylation is 1. The number of aliphatic hydroxyl groups excluding tert-OH is 1. The second kappa shape index (κ2) is 13.1. The van der Waals surface area contributed by atoms with E-state index in [1.807, 2.05) is 25.1 Å². The van der Waals surface area contributed by atoms with Crippen LogP contribution in [-0.4, -0.2) is 98.4 Å². The zero-order valence-corrected chi connectivity index (χ0v) is 24.7. The fourth-order valence-electron chi connectivity index (χ4n) is 5.08. The molecule has 1 saturated heterocycles. The number of aromatic amines is 1. The van der Waals surface area contributed by atoms with Crippen molar-refractivity contribution in [1.29, 1.82) is 0 Å². The van der Waals surface area contributed by atoms with Gasteiger partial charge in [0, 0.05) is 45.5 Å². The van der Waals surface area contributed by atoms with Crippen LogP contribution in [0.5, 0.6) is 5.88 Å². The van der Waals surface area contributed by atoms with Crippen molar-refractivity contribution in [2.24, 2.45) is 0 Å². The van der Waals surface area contributed by atoms with Crippen molar-refractivity contribution in [2.45, 2.75) is 44.6 Å². The maximum atomic E-state index is 13.6. The SMILES string of the molecule is CCCc1c2nc(-c3cc(S(=O)(=O)N4CCN(CCCO)CC4)cnc3OCC)[nH]c(=O)c2nn1Cc1ccccn1. The highest BCUT2D eigenvalue weighted by Gasteiger charge is 2.30. The molecule has 5 heterocycles. The number of aromatic nitrogens is 6. The first-order valence-electron chi connectivity index (χ1n) is 14.2. The van der Waals surface area contributed by atoms with Crippen LogP contribution < -0.4 is 10.3 Å². The molecule has 42 heavy (non-hydrogen) atoms. The van der Waals surface area contributed by atoms with Crippen molar-refractivity contribution >= 4 is 21.1 Å². The summed E-state index contributed by atoms with van der Waals surface area (Å²) in [6.45, 7) is 7.13. The van der Waals surface area contributed by atoms with E-state index in [1.165, 1.54) is 16.6 Å². The van der Waals surface area contributed by atoms with Crippen LogP contribution in [0.2, 0.25) is 0 Å². The fraction of sp³-hybridized carbons (Fsp3) is 0.464. The van der Waals surface area contributed by atoms with Crippen molar-refractivity contribution in [3.8, 4) is 17.3 Å². The molecule has 1 aliphatic heterocycles. The Kier molecular flexibility index (Phi) is 9.26. The Bertz CT molecular complexity index is 1680. The van der Waals surface area contributed by atoms with Gasteiger partial charge in [0.15, 0.2) is 5.52 Å². The molecule has 2 N–H and O–H groups in total. The molecule has 13 nitrogen and oxygen atoms in total. The average molecular weight is 597 g/mol. The minimum atomic E-state index is -3.87. The van der Waals surface area contributed by atoms with Crippen LogP contribution in [0.3, 0.4) is 0 Å². The van der Waals surface area contributed by atoms with Gasteiger partial charge in [-0.05, 0) is 38.0 Å². The van der Waals surface area contributed by atoms with Crippen molar-refractivity contribution in [3.63, 3.8) is 0 Å². The highest BCUT2D eigenvalue weighted by Crippen LogP contribution is 2.30. The molecule has 0 saturated carbocycles. The summed E-state index contributed by atoms with van der Waals surface area (Å²) in [5, 5.41) is 13.7. The van der Waals surface area contributed by atoms with E-state index in [1.54, 1.807) is 17.8 Å². The fourth-order valence-corrected chi connectivity index (χ4v) is 6.48. The van der Waals surface area contributed by atoms with Gasteiger partial charge in [-0.1, -0.05) is 19.4 Å². The summed E-state index contributed by atoms with van der Waals surface area (Å²) in [6, 6.07) is 7.10.